The Bertz CT molecular complexity index is 1060. The first-order valence-electron chi connectivity index (χ1n) is 9.04. The Morgan fingerprint density at radius 3 is 2.45 bits per heavy atom. The number of nitrogens with one attached hydrogen (secondary N) is 1. The first-order chi connectivity index (χ1) is 14.0. The summed E-state index contributed by atoms with van der Waals surface area (Å²) in [6.07, 6.45) is 0.0307. The molecule has 146 valence electrons. The van der Waals surface area contributed by atoms with Gasteiger partial charge in [0, 0.05) is 0 Å². The van der Waals surface area contributed by atoms with E-state index in [9.17, 15) is 9.59 Å². The third-order valence-electron chi connectivity index (χ3n) is 4.35. The number of carbonyl (C=O) groups is 2. The van der Waals surface area contributed by atoms with Crippen molar-refractivity contribution in [2.24, 2.45) is 0 Å². The highest BCUT2D eigenvalue weighted by atomic mass is 16.5. The Balaban J connectivity index is 1.57. The van der Waals surface area contributed by atoms with E-state index < -0.39 is 11.9 Å². The molecule has 1 N–H and O–H groups in total. The van der Waals surface area contributed by atoms with E-state index in [4.69, 9.17) is 10.00 Å². The fourth-order valence-corrected chi connectivity index (χ4v) is 2.88. The summed E-state index contributed by atoms with van der Waals surface area (Å²) in [5.41, 5.74) is 4.17. The number of rotatable bonds is 6. The normalized spacial score (nSPS) is 10.2. The van der Waals surface area contributed by atoms with E-state index in [-0.39, 0.29) is 13.0 Å². The van der Waals surface area contributed by atoms with Gasteiger partial charge in [0.1, 0.15) is 0 Å². The van der Waals surface area contributed by atoms with Crippen molar-refractivity contribution in [3.8, 4) is 11.8 Å². The zero-order chi connectivity index (χ0) is 20.8. The topological polar surface area (TPSA) is 97.0 Å². The molecule has 0 aliphatic heterocycles. The van der Waals surface area contributed by atoms with Crippen LogP contribution in [0.25, 0.3) is 5.69 Å². The molecule has 29 heavy (non-hydrogen) atoms. The van der Waals surface area contributed by atoms with Gasteiger partial charge in [0.05, 0.1) is 40.8 Å². The molecule has 0 aliphatic carbocycles. The first-order valence-corrected chi connectivity index (χ1v) is 9.04. The van der Waals surface area contributed by atoms with E-state index in [2.05, 4.69) is 10.4 Å². The van der Waals surface area contributed by atoms with Crippen molar-refractivity contribution in [1.29, 1.82) is 5.26 Å². The van der Waals surface area contributed by atoms with E-state index in [1.165, 1.54) is 0 Å². The highest BCUT2D eigenvalue weighted by Gasteiger charge is 2.16. The number of carbonyl (C=O) groups excluding carboxylic acids is 2. The van der Waals surface area contributed by atoms with Crippen LogP contribution in [0.2, 0.25) is 0 Å². The predicted octanol–water partition coefficient (Wildman–Crippen LogP) is 3.09. The molecule has 7 heteroatoms. The number of aryl methyl sites for hydroxylation is 1. The van der Waals surface area contributed by atoms with Gasteiger partial charge in [-0.2, -0.15) is 10.4 Å². The van der Waals surface area contributed by atoms with Crippen LogP contribution in [0.4, 0.5) is 5.69 Å². The van der Waals surface area contributed by atoms with E-state index in [1.54, 1.807) is 35.9 Å². The minimum Gasteiger partial charge on any atom is -0.455 e. The summed E-state index contributed by atoms with van der Waals surface area (Å²) in [5.74, 6) is -0.949. The molecule has 0 aliphatic rings. The molecule has 1 aromatic heterocycles. The molecule has 0 fully saturated rings. The molecule has 1 amide bonds. The van der Waals surface area contributed by atoms with Crippen molar-refractivity contribution in [3.05, 3.63) is 77.1 Å². The zero-order valence-electron chi connectivity index (χ0n) is 16.2. The molecule has 0 spiro atoms. The average molecular weight is 388 g/mol. The van der Waals surface area contributed by atoms with E-state index >= 15 is 0 Å². The lowest BCUT2D eigenvalue weighted by molar-refractivity contribution is -0.146. The van der Waals surface area contributed by atoms with Gasteiger partial charge in [-0.3, -0.25) is 9.59 Å². The number of benzene rings is 2. The molecule has 0 bridgehead atoms. The van der Waals surface area contributed by atoms with Crippen LogP contribution in [0.1, 0.15) is 22.5 Å². The minimum atomic E-state index is -0.515. The highest BCUT2D eigenvalue weighted by molar-refractivity contribution is 5.94. The van der Waals surface area contributed by atoms with E-state index in [0.29, 0.717) is 22.5 Å². The summed E-state index contributed by atoms with van der Waals surface area (Å²) in [5, 5.41) is 16.0. The van der Waals surface area contributed by atoms with Crippen molar-refractivity contribution in [2.75, 3.05) is 11.9 Å². The quantitative estimate of drug-likeness (QED) is 0.655. The minimum absolute atomic E-state index is 0.0307. The summed E-state index contributed by atoms with van der Waals surface area (Å²) < 4.78 is 6.82. The molecule has 3 rings (SSSR count). The number of nitrogens with zero attached hydrogens (tertiary/aromatic N) is 3. The zero-order valence-corrected chi connectivity index (χ0v) is 16.2. The third kappa shape index (κ3) is 4.87. The maximum Gasteiger partial charge on any atom is 0.310 e. The molecule has 0 atom stereocenters. The lowest BCUT2D eigenvalue weighted by atomic mass is 10.1. The van der Waals surface area contributed by atoms with E-state index in [0.717, 1.165) is 11.4 Å². The second-order valence-corrected chi connectivity index (χ2v) is 6.49. The number of ether oxygens (including phenoxy) is 1. The van der Waals surface area contributed by atoms with Gasteiger partial charge in [-0.05, 0) is 43.7 Å². The largest absolute Gasteiger partial charge is 0.455 e. The third-order valence-corrected chi connectivity index (χ3v) is 4.35. The number of hydrogen-bond donors (Lipinski definition) is 1. The van der Waals surface area contributed by atoms with Crippen molar-refractivity contribution in [2.45, 2.75) is 20.3 Å². The SMILES string of the molecule is Cc1nn(-c2ccccc2)c(C)c1NC(=O)COC(=O)Cc1ccc(C#N)cc1. The summed E-state index contributed by atoms with van der Waals surface area (Å²) >= 11 is 0. The van der Waals surface area contributed by atoms with Gasteiger partial charge >= 0.3 is 5.97 Å². The Kier molecular flexibility index (Phi) is 6.05. The van der Waals surface area contributed by atoms with Crippen molar-refractivity contribution >= 4 is 17.6 Å². The number of aromatic nitrogens is 2. The van der Waals surface area contributed by atoms with Crippen LogP contribution in [0.3, 0.4) is 0 Å². The summed E-state index contributed by atoms with van der Waals surface area (Å²) in [7, 11) is 0. The molecule has 0 saturated carbocycles. The van der Waals surface area contributed by atoms with E-state index in [1.807, 2.05) is 43.3 Å². The average Bonchev–Trinajstić information content (AvgIpc) is 3.02. The van der Waals surface area contributed by atoms with Crippen molar-refractivity contribution in [1.82, 2.24) is 9.78 Å². The Hall–Kier alpha value is -3.92. The fraction of sp³-hybridized carbons (Fsp3) is 0.182. The lowest BCUT2D eigenvalue weighted by Gasteiger charge is -2.08. The molecule has 0 unspecified atom stereocenters. The fourth-order valence-electron chi connectivity index (χ4n) is 2.88. The summed E-state index contributed by atoms with van der Waals surface area (Å²) in [4.78, 5) is 24.2. The van der Waals surface area contributed by atoms with Gasteiger partial charge in [-0.1, -0.05) is 30.3 Å². The van der Waals surface area contributed by atoms with Crippen molar-refractivity contribution in [3.63, 3.8) is 0 Å². The van der Waals surface area contributed by atoms with Crippen LogP contribution in [-0.2, 0) is 20.7 Å². The first kappa shape index (κ1) is 19.8. The van der Waals surface area contributed by atoms with Gasteiger partial charge in [0.25, 0.3) is 5.91 Å². The summed E-state index contributed by atoms with van der Waals surface area (Å²) in [6, 6.07) is 18.2. The number of para-hydroxylation sites is 1. The number of hydrogen-bond acceptors (Lipinski definition) is 5. The molecule has 0 radical (unpaired) electrons. The standard InChI is InChI=1S/C22H20N4O3/c1-15-22(16(2)26(25-15)19-6-4-3-5-7-19)24-20(27)14-29-21(28)12-17-8-10-18(13-23)11-9-17/h3-11H,12,14H2,1-2H3,(H,24,27). The van der Waals surface area contributed by atoms with Crippen LogP contribution < -0.4 is 5.32 Å². The van der Waals surface area contributed by atoms with Gasteiger partial charge in [0.15, 0.2) is 6.61 Å². The number of anilines is 1. The Morgan fingerprint density at radius 2 is 1.79 bits per heavy atom. The maximum absolute atomic E-state index is 12.2. The molecule has 7 nitrogen and oxygen atoms in total. The number of nitriles is 1. The molecule has 2 aromatic carbocycles. The maximum atomic E-state index is 12.2. The predicted molar refractivity (Wildman–Crippen MR) is 107 cm³/mol. The van der Waals surface area contributed by atoms with Gasteiger partial charge in [0.2, 0.25) is 0 Å². The molecule has 1 heterocycles. The van der Waals surface area contributed by atoms with Gasteiger partial charge in [-0.15, -0.1) is 0 Å². The van der Waals surface area contributed by atoms with Gasteiger partial charge in [-0.25, -0.2) is 4.68 Å². The highest BCUT2D eigenvalue weighted by Crippen LogP contribution is 2.22. The Labute approximate surface area is 168 Å². The number of esters is 1. The van der Waals surface area contributed by atoms with Crippen LogP contribution in [0.5, 0.6) is 0 Å². The van der Waals surface area contributed by atoms with Crippen molar-refractivity contribution < 1.29 is 14.3 Å². The van der Waals surface area contributed by atoms with Crippen LogP contribution in [-0.4, -0.2) is 28.3 Å². The van der Waals surface area contributed by atoms with Crippen LogP contribution in [0, 0.1) is 25.2 Å². The van der Waals surface area contributed by atoms with Crippen LogP contribution in [0.15, 0.2) is 54.6 Å². The number of amides is 1. The smallest absolute Gasteiger partial charge is 0.310 e. The molecular weight excluding hydrogens is 368 g/mol. The summed E-state index contributed by atoms with van der Waals surface area (Å²) in [6.45, 7) is 3.28. The van der Waals surface area contributed by atoms with Crippen LogP contribution >= 0.6 is 0 Å². The monoisotopic (exact) mass is 388 g/mol. The second-order valence-electron chi connectivity index (χ2n) is 6.49. The molecule has 0 saturated heterocycles. The molecule has 3 aromatic rings. The molecular formula is C22H20N4O3. The lowest BCUT2D eigenvalue weighted by Crippen LogP contribution is -2.22. The van der Waals surface area contributed by atoms with Gasteiger partial charge < -0.3 is 10.1 Å². The Morgan fingerprint density at radius 1 is 1.10 bits per heavy atom. The second kappa shape index (κ2) is 8.85.